The number of hydrogen-bond acceptors (Lipinski definition) is 3. The first kappa shape index (κ1) is 19.3. The largest absolute Gasteiger partial charge is 0.361 e. The van der Waals surface area contributed by atoms with Crippen molar-refractivity contribution in [3.8, 4) is 0 Å². The number of carbonyl (C=O) groups excluding carboxylic acids is 1. The van der Waals surface area contributed by atoms with Gasteiger partial charge in [-0.3, -0.25) is 4.79 Å². The normalized spacial score (nSPS) is 17.5. The maximum atomic E-state index is 13.3. The summed E-state index contributed by atoms with van der Waals surface area (Å²) in [6, 6.07) is 14.8. The van der Waals surface area contributed by atoms with E-state index in [1.807, 2.05) is 29.3 Å². The first-order chi connectivity index (χ1) is 14.5. The SMILES string of the molecule is O=C(c1ccc(S(=O)(=O)N2CCCC2)cc1)N(Cc1cccc2[nH]ccc12)C1CC1. The fourth-order valence-corrected chi connectivity index (χ4v) is 5.75. The van der Waals surface area contributed by atoms with E-state index in [1.165, 1.54) is 4.31 Å². The van der Waals surface area contributed by atoms with Gasteiger partial charge in [0.2, 0.25) is 10.0 Å². The highest BCUT2D eigenvalue weighted by Gasteiger charge is 2.34. The van der Waals surface area contributed by atoms with Gasteiger partial charge in [0.05, 0.1) is 4.90 Å². The van der Waals surface area contributed by atoms with Crippen LogP contribution in [0.1, 0.15) is 41.6 Å². The standard InChI is InChI=1S/C23H25N3O3S/c27-23(17-6-10-20(11-7-17)30(28,29)25-14-1-2-15-25)26(19-8-9-19)16-18-4-3-5-22-21(18)12-13-24-22/h3-7,10-13,19,24H,1-2,8-9,14-16H2. The number of amides is 1. The van der Waals surface area contributed by atoms with Crippen molar-refractivity contribution in [2.75, 3.05) is 13.1 Å². The third-order valence-electron chi connectivity index (χ3n) is 6.08. The summed E-state index contributed by atoms with van der Waals surface area (Å²) in [5.74, 6) is -0.0461. The maximum Gasteiger partial charge on any atom is 0.254 e. The van der Waals surface area contributed by atoms with Gasteiger partial charge in [0.25, 0.3) is 5.91 Å². The second kappa shape index (κ2) is 7.56. The van der Waals surface area contributed by atoms with Crippen molar-refractivity contribution in [3.05, 3.63) is 65.9 Å². The third-order valence-corrected chi connectivity index (χ3v) is 7.99. The van der Waals surface area contributed by atoms with E-state index in [1.54, 1.807) is 24.3 Å². The van der Waals surface area contributed by atoms with E-state index in [4.69, 9.17) is 0 Å². The van der Waals surface area contributed by atoms with E-state index < -0.39 is 10.0 Å². The number of aromatic nitrogens is 1. The summed E-state index contributed by atoms with van der Waals surface area (Å²) < 4.78 is 27.0. The second-order valence-electron chi connectivity index (χ2n) is 8.16. The Balaban J connectivity index is 1.39. The minimum Gasteiger partial charge on any atom is -0.361 e. The Bertz CT molecular complexity index is 1170. The van der Waals surface area contributed by atoms with Crippen LogP contribution in [0.3, 0.4) is 0 Å². The predicted molar refractivity (Wildman–Crippen MR) is 116 cm³/mol. The van der Waals surface area contributed by atoms with Crippen molar-refractivity contribution in [2.24, 2.45) is 0 Å². The molecule has 0 radical (unpaired) electrons. The smallest absolute Gasteiger partial charge is 0.254 e. The topological polar surface area (TPSA) is 73.5 Å². The molecule has 156 valence electrons. The highest BCUT2D eigenvalue weighted by Crippen LogP contribution is 2.31. The molecule has 7 heteroatoms. The van der Waals surface area contributed by atoms with Gasteiger partial charge in [-0.15, -0.1) is 0 Å². The number of nitrogens with zero attached hydrogens (tertiary/aromatic N) is 2. The van der Waals surface area contributed by atoms with E-state index in [9.17, 15) is 13.2 Å². The van der Waals surface area contributed by atoms with Crippen LogP contribution >= 0.6 is 0 Å². The summed E-state index contributed by atoms with van der Waals surface area (Å²) in [6.07, 6.45) is 5.74. The molecule has 0 unspecified atom stereocenters. The van der Waals surface area contributed by atoms with E-state index in [0.29, 0.717) is 25.2 Å². The Hall–Kier alpha value is -2.64. The van der Waals surface area contributed by atoms with Crippen LogP contribution in [-0.4, -0.2) is 47.6 Å². The molecule has 2 aromatic carbocycles. The van der Waals surface area contributed by atoms with E-state index in [-0.39, 0.29) is 16.8 Å². The van der Waals surface area contributed by atoms with Gasteiger partial charge >= 0.3 is 0 Å². The van der Waals surface area contributed by atoms with Crippen molar-refractivity contribution in [2.45, 2.75) is 43.2 Å². The molecule has 6 nitrogen and oxygen atoms in total. The average molecular weight is 424 g/mol. The van der Waals surface area contributed by atoms with Gasteiger partial charge < -0.3 is 9.88 Å². The number of fused-ring (bicyclic) bond motifs is 1. The van der Waals surface area contributed by atoms with Gasteiger partial charge in [-0.2, -0.15) is 4.31 Å². The van der Waals surface area contributed by atoms with Gasteiger partial charge in [-0.1, -0.05) is 12.1 Å². The monoisotopic (exact) mass is 423 g/mol. The molecule has 0 spiro atoms. The molecular weight excluding hydrogens is 398 g/mol. The van der Waals surface area contributed by atoms with Gasteiger partial charge in [-0.25, -0.2) is 8.42 Å². The summed E-state index contributed by atoms with van der Waals surface area (Å²) in [4.78, 5) is 18.7. The molecule has 1 aliphatic heterocycles. The zero-order valence-electron chi connectivity index (χ0n) is 16.8. The van der Waals surface area contributed by atoms with Crippen LogP contribution in [0.2, 0.25) is 0 Å². The van der Waals surface area contributed by atoms with Crippen LogP contribution in [0.25, 0.3) is 10.9 Å². The summed E-state index contributed by atoms with van der Waals surface area (Å²) in [5, 5.41) is 1.13. The molecule has 30 heavy (non-hydrogen) atoms. The molecule has 2 aliphatic rings. The molecular formula is C23H25N3O3S. The Morgan fingerprint density at radius 2 is 1.77 bits per heavy atom. The number of rotatable bonds is 6. The number of sulfonamides is 1. The first-order valence-corrected chi connectivity index (χ1v) is 11.9. The van der Waals surface area contributed by atoms with Crippen LogP contribution in [0.5, 0.6) is 0 Å². The highest BCUT2D eigenvalue weighted by atomic mass is 32.2. The zero-order valence-corrected chi connectivity index (χ0v) is 17.6. The number of nitrogens with one attached hydrogen (secondary N) is 1. The van der Waals surface area contributed by atoms with Crippen LogP contribution in [-0.2, 0) is 16.6 Å². The third kappa shape index (κ3) is 3.52. The fraction of sp³-hybridized carbons (Fsp3) is 0.348. The number of benzene rings is 2. The van der Waals surface area contributed by atoms with Gasteiger partial charge in [-0.05, 0) is 67.6 Å². The Labute approximate surface area is 176 Å². The Morgan fingerprint density at radius 1 is 1.03 bits per heavy atom. The molecule has 2 fully saturated rings. The van der Waals surface area contributed by atoms with Crippen molar-refractivity contribution >= 4 is 26.8 Å². The van der Waals surface area contributed by atoms with Gasteiger partial charge in [0.15, 0.2) is 0 Å². The summed E-state index contributed by atoms with van der Waals surface area (Å²) in [7, 11) is -3.47. The Morgan fingerprint density at radius 3 is 2.47 bits per heavy atom. The number of aromatic amines is 1. The summed E-state index contributed by atoms with van der Waals surface area (Å²) >= 11 is 0. The first-order valence-electron chi connectivity index (χ1n) is 10.5. The summed E-state index contributed by atoms with van der Waals surface area (Å²) in [6.45, 7) is 1.69. The van der Waals surface area contributed by atoms with E-state index in [0.717, 1.165) is 42.1 Å². The van der Waals surface area contributed by atoms with Gasteiger partial charge in [0, 0.05) is 48.3 Å². The average Bonchev–Trinajstić information content (AvgIpc) is 3.23. The van der Waals surface area contributed by atoms with Gasteiger partial charge in [0.1, 0.15) is 0 Å². The lowest BCUT2D eigenvalue weighted by Crippen LogP contribution is -2.32. The minimum absolute atomic E-state index is 0.0461. The fourth-order valence-electron chi connectivity index (χ4n) is 4.24. The summed E-state index contributed by atoms with van der Waals surface area (Å²) in [5.41, 5.74) is 2.71. The Kier molecular flexibility index (Phi) is 4.87. The van der Waals surface area contributed by atoms with Crippen molar-refractivity contribution in [1.29, 1.82) is 0 Å². The number of H-pyrrole nitrogens is 1. The molecule has 1 saturated heterocycles. The molecule has 0 bridgehead atoms. The number of carbonyl (C=O) groups is 1. The highest BCUT2D eigenvalue weighted by molar-refractivity contribution is 7.89. The zero-order chi connectivity index (χ0) is 20.7. The quantitative estimate of drug-likeness (QED) is 0.656. The van der Waals surface area contributed by atoms with Crippen LogP contribution in [0.15, 0.2) is 59.6 Å². The molecule has 1 amide bonds. The van der Waals surface area contributed by atoms with Crippen molar-refractivity contribution < 1.29 is 13.2 Å². The molecule has 3 aromatic rings. The van der Waals surface area contributed by atoms with Crippen molar-refractivity contribution in [3.63, 3.8) is 0 Å². The van der Waals surface area contributed by atoms with Crippen LogP contribution in [0, 0.1) is 0 Å². The second-order valence-corrected chi connectivity index (χ2v) is 10.1. The van der Waals surface area contributed by atoms with E-state index in [2.05, 4.69) is 11.1 Å². The minimum atomic E-state index is -3.47. The molecule has 1 saturated carbocycles. The van der Waals surface area contributed by atoms with E-state index >= 15 is 0 Å². The molecule has 5 rings (SSSR count). The molecule has 1 aromatic heterocycles. The van der Waals surface area contributed by atoms with Crippen LogP contribution in [0.4, 0.5) is 0 Å². The molecule has 1 aliphatic carbocycles. The molecule has 2 heterocycles. The molecule has 0 atom stereocenters. The lowest BCUT2D eigenvalue weighted by atomic mass is 10.1. The number of hydrogen-bond donors (Lipinski definition) is 1. The lowest BCUT2D eigenvalue weighted by molar-refractivity contribution is 0.0730. The molecule has 1 N–H and O–H groups in total. The lowest BCUT2D eigenvalue weighted by Gasteiger charge is -2.23. The van der Waals surface area contributed by atoms with Crippen LogP contribution < -0.4 is 0 Å². The maximum absolute atomic E-state index is 13.3. The van der Waals surface area contributed by atoms with Crippen molar-refractivity contribution in [1.82, 2.24) is 14.2 Å². The predicted octanol–water partition coefficient (Wildman–Crippen LogP) is 3.76.